The van der Waals surface area contributed by atoms with Crippen LogP contribution in [0.3, 0.4) is 0 Å². The molecule has 24 heavy (non-hydrogen) atoms. The van der Waals surface area contributed by atoms with E-state index in [4.69, 9.17) is 21.4 Å². The highest BCUT2D eigenvalue weighted by Crippen LogP contribution is 2.25. The van der Waals surface area contributed by atoms with Gasteiger partial charge in [0.1, 0.15) is 5.82 Å². The van der Waals surface area contributed by atoms with Gasteiger partial charge in [-0.15, -0.1) is 0 Å². The number of amides is 1. The lowest BCUT2D eigenvalue weighted by Gasteiger charge is -2.30. The van der Waals surface area contributed by atoms with Crippen LogP contribution in [-0.4, -0.2) is 72.2 Å². The van der Waals surface area contributed by atoms with Crippen molar-refractivity contribution in [3.05, 3.63) is 34.6 Å². The van der Waals surface area contributed by atoms with Crippen molar-refractivity contribution in [2.24, 2.45) is 5.92 Å². The van der Waals surface area contributed by atoms with Gasteiger partial charge in [0, 0.05) is 25.6 Å². The lowest BCUT2D eigenvalue weighted by Crippen LogP contribution is -2.47. The minimum absolute atomic E-state index is 0.0278. The molecule has 1 amide bonds. The first kappa shape index (κ1) is 17.1. The Labute approximate surface area is 143 Å². The van der Waals surface area contributed by atoms with Crippen molar-refractivity contribution in [2.75, 3.05) is 39.4 Å². The average Bonchev–Trinajstić information content (AvgIpc) is 2.76. The number of nitrogens with zero attached hydrogens (tertiary/aromatic N) is 2. The molecule has 6 nitrogen and oxygen atoms in total. The highest BCUT2D eigenvalue weighted by Gasteiger charge is 2.37. The molecular weight excluding hydrogens is 339 g/mol. The van der Waals surface area contributed by atoms with Crippen LogP contribution < -0.4 is 0 Å². The van der Waals surface area contributed by atoms with Crippen molar-refractivity contribution >= 4 is 23.5 Å². The fourth-order valence-electron chi connectivity index (χ4n) is 3.33. The summed E-state index contributed by atoms with van der Waals surface area (Å²) in [4.78, 5) is 27.4. The summed E-state index contributed by atoms with van der Waals surface area (Å²) >= 11 is 6.02. The summed E-state index contributed by atoms with van der Waals surface area (Å²) in [6.07, 6.45) is 0. The smallest absolute Gasteiger partial charge is 0.317 e. The maximum atomic E-state index is 13.2. The average molecular weight is 357 g/mol. The second-order valence-electron chi connectivity index (χ2n) is 6.23. The zero-order valence-electron chi connectivity index (χ0n) is 13.0. The normalized spacial score (nSPS) is 24.5. The molecule has 0 radical (unpaired) electrons. The van der Waals surface area contributed by atoms with Crippen LogP contribution in [0, 0.1) is 11.7 Å². The molecule has 2 heterocycles. The van der Waals surface area contributed by atoms with Gasteiger partial charge < -0.3 is 14.7 Å². The standard InChI is InChI=1S/C16H18ClFN2O4/c17-14-3-11(18)1-2-13(14)16(23)20-5-10-4-19(7-15(21)22)6-12(20)9-24-8-10/h1-3,10,12H,4-9H2,(H,21,22)/t10-,12-/m0/s1. The van der Waals surface area contributed by atoms with Crippen LogP contribution >= 0.6 is 11.6 Å². The number of benzene rings is 1. The van der Waals surface area contributed by atoms with E-state index >= 15 is 0 Å². The molecule has 3 rings (SSSR count). The molecule has 2 aliphatic heterocycles. The summed E-state index contributed by atoms with van der Waals surface area (Å²) in [5, 5.41) is 9.10. The molecule has 0 unspecified atom stereocenters. The second kappa shape index (κ2) is 7.04. The van der Waals surface area contributed by atoms with Crippen LogP contribution in [0.4, 0.5) is 4.39 Å². The third kappa shape index (κ3) is 3.68. The van der Waals surface area contributed by atoms with Crippen LogP contribution in [-0.2, 0) is 9.53 Å². The predicted molar refractivity (Wildman–Crippen MR) is 84.6 cm³/mol. The molecule has 2 aliphatic rings. The molecule has 1 N–H and O–H groups in total. The maximum Gasteiger partial charge on any atom is 0.317 e. The minimum Gasteiger partial charge on any atom is -0.480 e. The molecule has 0 spiro atoms. The molecule has 0 saturated carbocycles. The summed E-state index contributed by atoms with van der Waals surface area (Å²) in [7, 11) is 0. The van der Waals surface area contributed by atoms with E-state index in [0.717, 1.165) is 6.07 Å². The van der Waals surface area contributed by atoms with Crippen LogP contribution in [0.2, 0.25) is 5.02 Å². The lowest BCUT2D eigenvalue weighted by atomic mass is 10.1. The minimum atomic E-state index is -0.893. The van der Waals surface area contributed by atoms with E-state index in [2.05, 4.69) is 0 Å². The van der Waals surface area contributed by atoms with Gasteiger partial charge in [0.05, 0.1) is 36.4 Å². The van der Waals surface area contributed by atoms with Gasteiger partial charge >= 0.3 is 5.97 Å². The Balaban J connectivity index is 1.84. The Bertz CT molecular complexity index is 657. The summed E-state index contributed by atoms with van der Waals surface area (Å²) < 4.78 is 18.8. The summed E-state index contributed by atoms with van der Waals surface area (Å²) in [5.74, 6) is -1.64. The summed E-state index contributed by atoms with van der Waals surface area (Å²) in [6, 6.07) is 3.44. The van der Waals surface area contributed by atoms with Crippen molar-refractivity contribution in [1.29, 1.82) is 0 Å². The Kier molecular flexibility index (Phi) is 5.03. The monoisotopic (exact) mass is 356 g/mol. The number of fused-ring (bicyclic) bond motifs is 3. The SMILES string of the molecule is O=C(O)CN1C[C@@H]2COC[C@H](C1)N(C(=O)c1ccc(F)cc1Cl)C2. The molecule has 8 heteroatoms. The molecular formula is C16H18ClFN2O4. The van der Waals surface area contributed by atoms with E-state index in [1.54, 1.807) is 4.90 Å². The van der Waals surface area contributed by atoms with E-state index in [0.29, 0.717) is 32.8 Å². The third-order valence-corrected chi connectivity index (χ3v) is 4.64. The van der Waals surface area contributed by atoms with E-state index in [-0.39, 0.29) is 35.0 Å². The number of halogens is 2. The first-order valence-corrected chi connectivity index (χ1v) is 8.09. The van der Waals surface area contributed by atoms with Crippen LogP contribution in [0.1, 0.15) is 10.4 Å². The number of carbonyl (C=O) groups excluding carboxylic acids is 1. The number of aliphatic carboxylic acids is 1. The Morgan fingerprint density at radius 1 is 1.29 bits per heavy atom. The molecule has 2 atom stereocenters. The van der Waals surface area contributed by atoms with Gasteiger partial charge in [0.15, 0.2) is 0 Å². The number of carboxylic acid groups (broad SMARTS) is 1. The first-order chi connectivity index (χ1) is 11.4. The van der Waals surface area contributed by atoms with Crippen molar-refractivity contribution < 1.29 is 23.8 Å². The van der Waals surface area contributed by atoms with E-state index in [9.17, 15) is 14.0 Å². The Morgan fingerprint density at radius 2 is 2.08 bits per heavy atom. The number of hydrogen-bond acceptors (Lipinski definition) is 4. The van der Waals surface area contributed by atoms with Crippen LogP contribution in [0.15, 0.2) is 18.2 Å². The van der Waals surface area contributed by atoms with Crippen LogP contribution in [0.25, 0.3) is 0 Å². The molecule has 1 aromatic rings. The molecule has 1 aromatic carbocycles. The molecule has 2 fully saturated rings. The number of carbonyl (C=O) groups is 2. The molecule has 2 saturated heterocycles. The summed E-state index contributed by atoms with van der Waals surface area (Å²) in [5.41, 5.74) is 0.246. The van der Waals surface area contributed by atoms with Gasteiger partial charge in [-0.25, -0.2) is 4.39 Å². The van der Waals surface area contributed by atoms with Crippen molar-refractivity contribution in [3.63, 3.8) is 0 Å². The lowest BCUT2D eigenvalue weighted by molar-refractivity contribution is -0.138. The zero-order chi connectivity index (χ0) is 17.3. The van der Waals surface area contributed by atoms with Gasteiger partial charge in [-0.2, -0.15) is 0 Å². The summed E-state index contributed by atoms with van der Waals surface area (Å²) in [6.45, 7) is 2.21. The Hall–Kier alpha value is -1.70. The highest BCUT2D eigenvalue weighted by atomic mass is 35.5. The predicted octanol–water partition coefficient (Wildman–Crippen LogP) is 1.34. The van der Waals surface area contributed by atoms with Gasteiger partial charge in [-0.1, -0.05) is 11.6 Å². The van der Waals surface area contributed by atoms with Crippen molar-refractivity contribution in [1.82, 2.24) is 9.80 Å². The van der Waals surface area contributed by atoms with E-state index in [1.165, 1.54) is 12.1 Å². The second-order valence-corrected chi connectivity index (χ2v) is 6.63. The topological polar surface area (TPSA) is 70.1 Å². The van der Waals surface area contributed by atoms with Crippen LogP contribution in [0.5, 0.6) is 0 Å². The number of ether oxygens (including phenoxy) is 1. The van der Waals surface area contributed by atoms with Gasteiger partial charge in [0.2, 0.25) is 0 Å². The number of rotatable bonds is 3. The first-order valence-electron chi connectivity index (χ1n) is 7.72. The zero-order valence-corrected chi connectivity index (χ0v) is 13.7. The fourth-order valence-corrected chi connectivity index (χ4v) is 3.57. The fraction of sp³-hybridized carbons (Fsp3) is 0.500. The molecule has 130 valence electrons. The maximum absolute atomic E-state index is 13.2. The number of hydrogen-bond donors (Lipinski definition) is 1. The molecule has 2 bridgehead atoms. The van der Waals surface area contributed by atoms with Gasteiger partial charge in [-0.05, 0) is 18.2 Å². The van der Waals surface area contributed by atoms with E-state index < -0.39 is 11.8 Å². The van der Waals surface area contributed by atoms with Gasteiger partial charge in [-0.3, -0.25) is 14.5 Å². The van der Waals surface area contributed by atoms with Crippen molar-refractivity contribution in [2.45, 2.75) is 6.04 Å². The number of carboxylic acids is 1. The molecule has 0 aliphatic carbocycles. The largest absolute Gasteiger partial charge is 0.480 e. The van der Waals surface area contributed by atoms with Crippen molar-refractivity contribution in [3.8, 4) is 0 Å². The Morgan fingerprint density at radius 3 is 2.79 bits per heavy atom. The van der Waals surface area contributed by atoms with E-state index in [1.807, 2.05) is 4.90 Å². The quantitative estimate of drug-likeness (QED) is 0.885. The highest BCUT2D eigenvalue weighted by molar-refractivity contribution is 6.33. The third-order valence-electron chi connectivity index (χ3n) is 4.33. The van der Waals surface area contributed by atoms with Gasteiger partial charge in [0.25, 0.3) is 5.91 Å². The molecule has 0 aromatic heterocycles.